The highest BCUT2D eigenvalue weighted by atomic mass is 16.7. The molecule has 6 rings (SSSR count). The summed E-state index contributed by atoms with van der Waals surface area (Å²) in [5, 5.41) is 0. The highest BCUT2D eigenvalue weighted by Gasteiger charge is 2.83. The third-order valence-corrected chi connectivity index (χ3v) is 8.48. The summed E-state index contributed by atoms with van der Waals surface area (Å²) in [5.74, 6) is 0.197. The number of Topliss-reactive ketones (excluding diaryl/α,β-unsaturated/α-hetero) is 2. The van der Waals surface area contributed by atoms with Crippen LogP contribution in [0.15, 0.2) is 12.1 Å². The predicted octanol–water partition coefficient (Wildman–Crippen LogP) is 1.88. The van der Waals surface area contributed by atoms with Crippen molar-refractivity contribution in [2.75, 3.05) is 28.1 Å². The number of hydrogen-bond donors (Lipinski definition) is 0. The zero-order valence-electron chi connectivity index (χ0n) is 18.2. The average Bonchev–Trinajstić information content (AvgIpc) is 3.38. The van der Waals surface area contributed by atoms with Gasteiger partial charge in [-0.25, -0.2) is 0 Å². The number of ketones is 2. The second-order valence-electron chi connectivity index (χ2n) is 9.55. The van der Waals surface area contributed by atoms with Crippen LogP contribution in [0, 0.1) is 0 Å². The fourth-order valence-corrected chi connectivity index (χ4v) is 7.53. The van der Waals surface area contributed by atoms with E-state index in [1.165, 1.54) is 7.11 Å². The molecule has 8 heteroatoms. The highest BCUT2D eigenvalue weighted by Crippen LogP contribution is 2.73. The minimum Gasteiger partial charge on any atom is -0.454 e. The van der Waals surface area contributed by atoms with Crippen molar-refractivity contribution >= 4 is 11.6 Å². The van der Waals surface area contributed by atoms with Gasteiger partial charge in [0, 0.05) is 44.9 Å². The minimum absolute atomic E-state index is 0.0332. The van der Waals surface area contributed by atoms with E-state index in [9.17, 15) is 9.59 Å². The van der Waals surface area contributed by atoms with Gasteiger partial charge in [-0.15, -0.1) is 0 Å². The Bertz CT molecular complexity index is 1010. The van der Waals surface area contributed by atoms with Gasteiger partial charge in [0.05, 0.1) is 11.6 Å². The van der Waals surface area contributed by atoms with Gasteiger partial charge in [0.25, 0.3) is 0 Å². The Kier molecular flexibility index (Phi) is 3.85. The van der Waals surface area contributed by atoms with Gasteiger partial charge >= 0.3 is 0 Å². The number of fused-ring (bicyclic) bond motifs is 4. The molecule has 1 aromatic rings. The largest absolute Gasteiger partial charge is 0.454 e. The number of carbonyl (C=O) groups is 2. The van der Waals surface area contributed by atoms with Crippen LogP contribution in [0.4, 0.5) is 0 Å². The van der Waals surface area contributed by atoms with Crippen molar-refractivity contribution in [2.24, 2.45) is 0 Å². The van der Waals surface area contributed by atoms with Gasteiger partial charge in [-0.2, -0.15) is 0 Å². The summed E-state index contributed by atoms with van der Waals surface area (Å²) >= 11 is 0. The monoisotopic (exact) mass is 429 g/mol. The van der Waals surface area contributed by atoms with Gasteiger partial charge in [0.15, 0.2) is 23.4 Å². The Labute approximate surface area is 180 Å². The lowest BCUT2D eigenvalue weighted by Crippen LogP contribution is -2.77. The Morgan fingerprint density at radius 1 is 1.23 bits per heavy atom. The molecule has 0 unspecified atom stereocenters. The fraction of sp³-hybridized carbons (Fsp3) is 0.652. The molecule has 2 bridgehead atoms. The van der Waals surface area contributed by atoms with Gasteiger partial charge in [0.1, 0.15) is 5.78 Å². The second kappa shape index (κ2) is 6.07. The maximum Gasteiger partial charge on any atom is 0.231 e. The predicted molar refractivity (Wildman–Crippen MR) is 107 cm³/mol. The van der Waals surface area contributed by atoms with Crippen molar-refractivity contribution < 1.29 is 33.3 Å². The van der Waals surface area contributed by atoms with Crippen LogP contribution in [-0.4, -0.2) is 68.0 Å². The van der Waals surface area contributed by atoms with Crippen molar-refractivity contribution in [3.63, 3.8) is 0 Å². The SMILES string of the molecule is CO[C@@H]1C(=O)C[C@]23C[C@H](CC(C)=O)N(C)[C@@]24C[C@@H](O[C@]14OC)c1cc2c(cc13)OCO2. The number of hydrogen-bond acceptors (Lipinski definition) is 8. The molecule has 0 amide bonds. The number of benzene rings is 1. The molecular weight excluding hydrogens is 402 g/mol. The summed E-state index contributed by atoms with van der Waals surface area (Å²) < 4.78 is 29.9. The van der Waals surface area contributed by atoms with Crippen LogP contribution in [0.5, 0.6) is 11.5 Å². The number of ether oxygens (including phenoxy) is 5. The molecule has 3 heterocycles. The summed E-state index contributed by atoms with van der Waals surface area (Å²) in [5.41, 5.74) is 0.843. The number of likely N-dealkylation sites (tertiary alicyclic amines) is 1. The maximum absolute atomic E-state index is 13.5. The summed E-state index contributed by atoms with van der Waals surface area (Å²) in [6.45, 7) is 1.80. The average molecular weight is 429 g/mol. The van der Waals surface area contributed by atoms with Crippen LogP contribution < -0.4 is 9.47 Å². The maximum atomic E-state index is 13.5. The third-order valence-electron chi connectivity index (χ3n) is 8.48. The molecule has 2 saturated heterocycles. The van der Waals surface area contributed by atoms with Gasteiger partial charge in [0.2, 0.25) is 12.6 Å². The van der Waals surface area contributed by atoms with E-state index in [-0.39, 0.29) is 30.5 Å². The van der Waals surface area contributed by atoms with E-state index < -0.39 is 22.8 Å². The molecule has 0 N–H and O–H groups in total. The smallest absolute Gasteiger partial charge is 0.231 e. The highest BCUT2D eigenvalue weighted by molar-refractivity contribution is 5.89. The van der Waals surface area contributed by atoms with Crippen molar-refractivity contribution in [1.82, 2.24) is 4.90 Å². The first-order chi connectivity index (χ1) is 14.8. The molecule has 1 spiro atoms. The Morgan fingerprint density at radius 3 is 2.65 bits per heavy atom. The molecule has 2 aliphatic carbocycles. The number of nitrogens with zero attached hydrogens (tertiary/aromatic N) is 1. The molecule has 3 fully saturated rings. The van der Waals surface area contributed by atoms with Crippen LogP contribution in [0.3, 0.4) is 0 Å². The normalized spacial score (nSPS) is 41.9. The zero-order valence-corrected chi connectivity index (χ0v) is 18.2. The van der Waals surface area contributed by atoms with Crippen LogP contribution in [0.1, 0.15) is 49.8 Å². The lowest BCUT2D eigenvalue weighted by atomic mass is 9.51. The minimum atomic E-state index is -1.27. The summed E-state index contributed by atoms with van der Waals surface area (Å²) in [7, 11) is 5.16. The second-order valence-corrected chi connectivity index (χ2v) is 9.55. The Balaban J connectivity index is 1.66. The zero-order chi connectivity index (χ0) is 21.8. The van der Waals surface area contributed by atoms with Crippen LogP contribution in [-0.2, 0) is 29.2 Å². The van der Waals surface area contributed by atoms with Crippen molar-refractivity contribution in [2.45, 2.75) is 67.6 Å². The van der Waals surface area contributed by atoms with Crippen LogP contribution >= 0.6 is 0 Å². The molecule has 166 valence electrons. The molecule has 5 aliphatic rings. The molecule has 0 radical (unpaired) electrons. The number of methoxy groups -OCH3 is 2. The summed E-state index contributed by atoms with van der Waals surface area (Å²) in [6, 6.07) is 3.99. The lowest BCUT2D eigenvalue weighted by Gasteiger charge is -2.59. The standard InChI is InChI=1S/C23H27NO7/c1-12(25)5-13-8-21-9-16(26)20(27-3)23(28-4)22(21,24(13)2)10-19(31-23)14-6-17-18(7-15(14)21)30-11-29-17/h6-7,13,19-20H,5,8-11H2,1-4H3/t13-,19+,20+,21-,22-,23+/m0/s1. The van der Waals surface area contributed by atoms with Gasteiger partial charge in [-0.1, -0.05) is 0 Å². The van der Waals surface area contributed by atoms with E-state index in [0.717, 1.165) is 11.1 Å². The number of carbonyl (C=O) groups excluding carboxylic acids is 2. The van der Waals surface area contributed by atoms with Gasteiger partial charge < -0.3 is 23.7 Å². The summed E-state index contributed by atoms with van der Waals surface area (Å²) in [4.78, 5) is 27.9. The van der Waals surface area contributed by atoms with Crippen LogP contribution in [0.25, 0.3) is 0 Å². The molecule has 8 nitrogen and oxygen atoms in total. The number of likely N-dealkylation sites (N-methyl/N-ethyl adjacent to an activating group) is 1. The van der Waals surface area contributed by atoms with Gasteiger partial charge in [-0.05, 0) is 43.7 Å². The van der Waals surface area contributed by atoms with E-state index in [2.05, 4.69) is 4.90 Å². The summed E-state index contributed by atoms with van der Waals surface area (Å²) in [6.07, 6.45) is 0.918. The molecule has 1 saturated carbocycles. The Hall–Kier alpha value is -2.00. The van der Waals surface area contributed by atoms with E-state index in [1.807, 2.05) is 19.2 Å². The first-order valence-electron chi connectivity index (χ1n) is 10.8. The molecular formula is C23H27NO7. The quantitative estimate of drug-likeness (QED) is 0.718. The van der Waals surface area contributed by atoms with Gasteiger partial charge in [-0.3, -0.25) is 14.5 Å². The molecule has 0 aromatic heterocycles. The van der Waals surface area contributed by atoms with E-state index in [0.29, 0.717) is 37.2 Å². The van der Waals surface area contributed by atoms with Crippen LogP contribution in [0.2, 0.25) is 0 Å². The van der Waals surface area contributed by atoms with E-state index >= 15 is 0 Å². The fourth-order valence-electron chi connectivity index (χ4n) is 7.53. The first-order valence-corrected chi connectivity index (χ1v) is 10.8. The van der Waals surface area contributed by atoms with Crippen molar-refractivity contribution in [1.29, 1.82) is 0 Å². The van der Waals surface area contributed by atoms with Crippen molar-refractivity contribution in [3.8, 4) is 11.5 Å². The van der Waals surface area contributed by atoms with Crippen molar-refractivity contribution in [3.05, 3.63) is 23.3 Å². The topological polar surface area (TPSA) is 83.5 Å². The van der Waals surface area contributed by atoms with E-state index in [4.69, 9.17) is 23.7 Å². The first kappa shape index (κ1) is 19.7. The molecule has 31 heavy (non-hydrogen) atoms. The molecule has 1 aromatic carbocycles. The molecule has 6 atom stereocenters. The Morgan fingerprint density at radius 2 is 1.97 bits per heavy atom. The van der Waals surface area contributed by atoms with E-state index in [1.54, 1.807) is 14.0 Å². The molecule has 3 aliphatic heterocycles. The number of rotatable bonds is 4. The lowest BCUT2D eigenvalue weighted by molar-refractivity contribution is -0.310. The third kappa shape index (κ3) is 2.01.